The summed E-state index contributed by atoms with van der Waals surface area (Å²) in [5.41, 5.74) is 2.33. The summed E-state index contributed by atoms with van der Waals surface area (Å²) >= 11 is 1.78. The van der Waals surface area contributed by atoms with Crippen LogP contribution in [0.25, 0.3) is 0 Å². The molecular formula is C19H28N4OS. The second kappa shape index (κ2) is 9.42. The molecule has 25 heavy (non-hydrogen) atoms. The second-order valence-electron chi connectivity index (χ2n) is 5.93. The van der Waals surface area contributed by atoms with Crippen LogP contribution in [0.4, 0.5) is 0 Å². The number of benzene rings is 1. The summed E-state index contributed by atoms with van der Waals surface area (Å²) in [6, 6.07) is 6.30. The summed E-state index contributed by atoms with van der Waals surface area (Å²) in [4.78, 5) is 10.1. The molecule has 0 aliphatic carbocycles. The van der Waals surface area contributed by atoms with Gasteiger partial charge in [-0.25, -0.2) is 4.98 Å². The van der Waals surface area contributed by atoms with Gasteiger partial charge in [-0.15, -0.1) is 11.3 Å². The number of methoxy groups -OCH3 is 1. The van der Waals surface area contributed by atoms with Gasteiger partial charge < -0.3 is 15.4 Å². The van der Waals surface area contributed by atoms with Crippen LogP contribution in [0, 0.1) is 6.92 Å². The average Bonchev–Trinajstić information content (AvgIpc) is 3.08. The zero-order valence-electron chi connectivity index (χ0n) is 15.7. The van der Waals surface area contributed by atoms with Crippen LogP contribution in [0.3, 0.4) is 0 Å². The van der Waals surface area contributed by atoms with Gasteiger partial charge in [0, 0.05) is 36.7 Å². The van der Waals surface area contributed by atoms with Crippen molar-refractivity contribution in [3.05, 3.63) is 45.4 Å². The maximum atomic E-state index is 5.48. The van der Waals surface area contributed by atoms with Crippen LogP contribution in [-0.2, 0) is 12.8 Å². The minimum absolute atomic E-state index is 0.0904. The summed E-state index contributed by atoms with van der Waals surface area (Å²) in [6.45, 7) is 7.15. The van der Waals surface area contributed by atoms with E-state index >= 15 is 0 Å². The lowest BCUT2D eigenvalue weighted by atomic mass is 10.0. The Balaban J connectivity index is 1.91. The van der Waals surface area contributed by atoms with Crippen LogP contribution >= 0.6 is 11.3 Å². The van der Waals surface area contributed by atoms with E-state index in [1.165, 1.54) is 10.4 Å². The Labute approximate surface area is 154 Å². The van der Waals surface area contributed by atoms with E-state index in [0.29, 0.717) is 0 Å². The molecule has 1 aromatic heterocycles. The van der Waals surface area contributed by atoms with Gasteiger partial charge in [-0.05, 0) is 26.3 Å². The van der Waals surface area contributed by atoms with Crippen molar-refractivity contribution in [1.29, 1.82) is 0 Å². The fourth-order valence-electron chi connectivity index (χ4n) is 2.58. The van der Waals surface area contributed by atoms with E-state index in [1.807, 2.05) is 12.3 Å². The highest BCUT2D eigenvalue weighted by atomic mass is 32.1. The third kappa shape index (κ3) is 5.46. The van der Waals surface area contributed by atoms with E-state index in [1.54, 1.807) is 25.5 Å². The van der Waals surface area contributed by atoms with Crippen molar-refractivity contribution in [3.63, 3.8) is 0 Å². The van der Waals surface area contributed by atoms with E-state index < -0.39 is 0 Å². The predicted molar refractivity (Wildman–Crippen MR) is 106 cm³/mol. The van der Waals surface area contributed by atoms with Crippen LogP contribution in [0.5, 0.6) is 5.75 Å². The van der Waals surface area contributed by atoms with Crippen molar-refractivity contribution < 1.29 is 4.74 Å². The first-order valence-electron chi connectivity index (χ1n) is 8.62. The van der Waals surface area contributed by atoms with Gasteiger partial charge in [-0.2, -0.15) is 0 Å². The molecule has 0 saturated carbocycles. The molecule has 1 aromatic carbocycles. The topological polar surface area (TPSA) is 58.5 Å². The Morgan fingerprint density at radius 1 is 1.40 bits per heavy atom. The summed E-state index contributed by atoms with van der Waals surface area (Å²) in [7, 11) is 3.49. The standard InChI is InChI=1S/C19H28N4OS/c1-6-15-12-22-18(25-15)9-10-21-19(20-4)23-14(3)16-11-13(2)7-8-17(16)24-5/h7-8,11-12,14H,6,9-10H2,1-5H3,(H2,20,21,23). The number of aryl methyl sites for hydroxylation is 2. The van der Waals surface area contributed by atoms with Gasteiger partial charge in [0.05, 0.1) is 18.2 Å². The quantitative estimate of drug-likeness (QED) is 0.586. The average molecular weight is 361 g/mol. The molecule has 6 heteroatoms. The van der Waals surface area contributed by atoms with E-state index in [-0.39, 0.29) is 6.04 Å². The second-order valence-corrected chi connectivity index (χ2v) is 7.13. The predicted octanol–water partition coefficient (Wildman–Crippen LogP) is 3.49. The van der Waals surface area contributed by atoms with E-state index in [0.717, 1.165) is 41.7 Å². The van der Waals surface area contributed by atoms with Crippen LogP contribution in [0.2, 0.25) is 0 Å². The number of guanidine groups is 1. The molecule has 0 radical (unpaired) electrons. The van der Waals surface area contributed by atoms with Crippen LogP contribution < -0.4 is 15.4 Å². The van der Waals surface area contributed by atoms with Crippen molar-refractivity contribution >= 4 is 17.3 Å². The number of ether oxygens (including phenoxy) is 1. The zero-order valence-corrected chi connectivity index (χ0v) is 16.5. The van der Waals surface area contributed by atoms with E-state index in [4.69, 9.17) is 4.74 Å². The molecule has 2 N–H and O–H groups in total. The van der Waals surface area contributed by atoms with Crippen molar-refractivity contribution in [2.75, 3.05) is 20.7 Å². The maximum Gasteiger partial charge on any atom is 0.191 e. The molecule has 1 heterocycles. The maximum absolute atomic E-state index is 5.48. The summed E-state index contributed by atoms with van der Waals surface area (Å²) in [6.07, 6.45) is 3.91. The first-order valence-corrected chi connectivity index (χ1v) is 9.44. The summed E-state index contributed by atoms with van der Waals surface area (Å²) in [5.74, 6) is 1.67. The Hall–Kier alpha value is -2.08. The van der Waals surface area contributed by atoms with Crippen LogP contribution in [-0.4, -0.2) is 31.6 Å². The first kappa shape index (κ1) is 19.2. The van der Waals surface area contributed by atoms with Crippen molar-refractivity contribution in [1.82, 2.24) is 15.6 Å². The Bertz CT molecular complexity index is 711. The number of hydrogen-bond donors (Lipinski definition) is 2. The minimum atomic E-state index is 0.0904. The van der Waals surface area contributed by atoms with Gasteiger partial charge in [-0.3, -0.25) is 4.99 Å². The van der Waals surface area contributed by atoms with E-state index in [9.17, 15) is 0 Å². The highest BCUT2D eigenvalue weighted by molar-refractivity contribution is 7.11. The minimum Gasteiger partial charge on any atom is -0.496 e. The fourth-order valence-corrected chi connectivity index (χ4v) is 3.45. The number of rotatable bonds is 7. The number of aliphatic imine (C=N–C) groups is 1. The molecule has 0 amide bonds. The van der Waals surface area contributed by atoms with Gasteiger partial charge >= 0.3 is 0 Å². The van der Waals surface area contributed by atoms with Crippen molar-refractivity contribution in [2.45, 2.75) is 39.7 Å². The highest BCUT2D eigenvalue weighted by Crippen LogP contribution is 2.25. The molecular weight excluding hydrogens is 332 g/mol. The van der Waals surface area contributed by atoms with Crippen LogP contribution in [0.15, 0.2) is 29.4 Å². The molecule has 0 fully saturated rings. The Morgan fingerprint density at radius 3 is 2.84 bits per heavy atom. The number of nitrogens with one attached hydrogen (secondary N) is 2. The lowest BCUT2D eigenvalue weighted by Gasteiger charge is -2.20. The molecule has 1 unspecified atom stereocenters. The molecule has 136 valence electrons. The monoisotopic (exact) mass is 360 g/mol. The van der Waals surface area contributed by atoms with Crippen molar-refractivity contribution in [2.24, 2.45) is 4.99 Å². The Kier molecular flexibility index (Phi) is 7.25. The van der Waals surface area contributed by atoms with Gasteiger partial charge in [0.2, 0.25) is 0 Å². The summed E-state index contributed by atoms with van der Waals surface area (Å²) < 4.78 is 5.48. The molecule has 1 atom stereocenters. The van der Waals surface area contributed by atoms with Gasteiger partial charge in [-0.1, -0.05) is 24.6 Å². The molecule has 0 saturated heterocycles. The first-order chi connectivity index (χ1) is 12.1. The Morgan fingerprint density at radius 2 is 2.20 bits per heavy atom. The van der Waals surface area contributed by atoms with Gasteiger partial charge in [0.1, 0.15) is 5.75 Å². The number of aromatic nitrogens is 1. The summed E-state index contributed by atoms with van der Waals surface area (Å²) in [5, 5.41) is 7.95. The number of thiazole rings is 1. The van der Waals surface area contributed by atoms with Gasteiger partial charge in [0.25, 0.3) is 0 Å². The molecule has 2 rings (SSSR count). The zero-order chi connectivity index (χ0) is 18.2. The lowest BCUT2D eigenvalue weighted by molar-refractivity contribution is 0.405. The number of nitrogens with zero attached hydrogens (tertiary/aromatic N) is 2. The number of hydrogen-bond acceptors (Lipinski definition) is 4. The molecule has 0 spiro atoms. The molecule has 0 aliphatic heterocycles. The largest absolute Gasteiger partial charge is 0.496 e. The smallest absolute Gasteiger partial charge is 0.191 e. The molecule has 5 nitrogen and oxygen atoms in total. The van der Waals surface area contributed by atoms with E-state index in [2.05, 4.69) is 53.5 Å². The molecule has 0 aliphatic rings. The normalized spacial score (nSPS) is 12.8. The molecule has 0 bridgehead atoms. The molecule has 2 aromatic rings. The van der Waals surface area contributed by atoms with Gasteiger partial charge in [0.15, 0.2) is 5.96 Å². The van der Waals surface area contributed by atoms with Crippen molar-refractivity contribution in [3.8, 4) is 5.75 Å². The third-order valence-electron chi connectivity index (χ3n) is 4.01. The third-order valence-corrected chi connectivity index (χ3v) is 5.21. The highest BCUT2D eigenvalue weighted by Gasteiger charge is 2.13. The SMILES string of the molecule is CCc1cnc(CCNC(=NC)NC(C)c2cc(C)ccc2OC)s1. The lowest BCUT2D eigenvalue weighted by Crippen LogP contribution is -2.39. The van der Waals surface area contributed by atoms with Crippen LogP contribution in [0.1, 0.15) is 40.9 Å². The fraction of sp³-hybridized carbons (Fsp3) is 0.474.